The minimum absolute atomic E-state index is 0.804. The number of hydrogen-bond acceptors (Lipinski definition) is 1. The molecule has 0 bridgehead atoms. The average molecular weight is 262 g/mol. The molecule has 0 fully saturated rings. The second-order valence-corrected chi connectivity index (χ2v) is 4.91. The second-order valence-electron chi connectivity index (χ2n) is 4.47. The summed E-state index contributed by atoms with van der Waals surface area (Å²) in [4.78, 5) is 0. The van der Waals surface area contributed by atoms with Crippen LogP contribution in [-0.2, 0) is 0 Å². The summed E-state index contributed by atoms with van der Waals surface area (Å²) >= 11 is 4.20. The molecule has 0 unspecified atom stereocenters. The molecule has 0 radical (unpaired) electrons. The van der Waals surface area contributed by atoms with Crippen molar-refractivity contribution in [3.63, 3.8) is 0 Å². The molecule has 0 saturated carbocycles. The van der Waals surface area contributed by atoms with Gasteiger partial charge in [-0.05, 0) is 27.6 Å². The molecule has 0 aliphatic carbocycles. The van der Waals surface area contributed by atoms with Crippen molar-refractivity contribution < 1.29 is 0 Å². The second kappa shape index (κ2) is 5.38. The smallest absolute Gasteiger partial charge is 0.0330 e. The van der Waals surface area contributed by atoms with Crippen molar-refractivity contribution in [2.75, 3.05) is 5.75 Å². The van der Waals surface area contributed by atoms with Crippen LogP contribution in [0.2, 0.25) is 0 Å². The molecule has 0 aliphatic heterocycles. The zero-order chi connectivity index (χ0) is 13.1. The fraction of sp³-hybridized carbons (Fsp3) is 0.111. The molecule has 0 atom stereocenters. The molecule has 3 rings (SSSR count). The zero-order valence-electron chi connectivity index (χ0n) is 10.6. The Balaban J connectivity index is 2.34. The highest BCUT2D eigenvalue weighted by Gasteiger charge is 2.03. The van der Waals surface area contributed by atoms with Crippen LogP contribution in [0.1, 0.15) is 12.0 Å². The largest absolute Gasteiger partial charge is 0.178 e. The first-order valence-corrected chi connectivity index (χ1v) is 7.03. The van der Waals surface area contributed by atoms with Crippen LogP contribution in [0.4, 0.5) is 0 Å². The Bertz CT molecular complexity index is 791. The van der Waals surface area contributed by atoms with E-state index in [1.165, 1.54) is 21.5 Å². The van der Waals surface area contributed by atoms with E-state index in [1.54, 1.807) is 0 Å². The highest BCUT2D eigenvalue weighted by Crippen LogP contribution is 2.28. The molecule has 0 amide bonds. The Morgan fingerprint density at radius 1 is 0.842 bits per heavy atom. The van der Waals surface area contributed by atoms with E-state index in [1.807, 2.05) is 0 Å². The molecule has 0 saturated heterocycles. The highest BCUT2D eigenvalue weighted by molar-refractivity contribution is 7.80. The maximum atomic E-state index is 4.20. The van der Waals surface area contributed by atoms with Gasteiger partial charge in [-0.2, -0.15) is 12.6 Å². The number of thiol groups is 1. The van der Waals surface area contributed by atoms with E-state index in [9.17, 15) is 0 Å². The summed E-state index contributed by atoms with van der Waals surface area (Å²) in [6.07, 6.45) is 0.824. The van der Waals surface area contributed by atoms with Gasteiger partial charge in [0.25, 0.3) is 0 Å². The van der Waals surface area contributed by atoms with Crippen LogP contribution in [0.15, 0.2) is 54.6 Å². The maximum absolute atomic E-state index is 4.20. The minimum atomic E-state index is 0.804. The van der Waals surface area contributed by atoms with Gasteiger partial charge in [0.1, 0.15) is 0 Å². The third kappa shape index (κ3) is 2.32. The summed E-state index contributed by atoms with van der Waals surface area (Å²) in [6.45, 7) is 0. The van der Waals surface area contributed by atoms with E-state index in [0.717, 1.165) is 17.7 Å². The minimum Gasteiger partial charge on any atom is -0.178 e. The van der Waals surface area contributed by atoms with E-state index in [-0.39, 0.29) is 0 Å². The van der Waals surface area contributed by atoms with Gasteiger partial charge in [-0.1, -0.05) is 60.4 Å². The normalized spacial score (nSPS) is 10.4. The highest BCUT2D eigenvalue weighted by atomic mass is 32.1. The molecule has 0 nitrogen and oxygen atoms in total. The first-order valence-electron chi connectivity index (χ1n) is 6.40. The SMILES string of the molecule is SCCC#Cc1cc2ccccc2c2ccccc12. The predicted molar refractivity (Wildman–Crippen MR) is 86.8 cm³/mol. The lowest BCUT2D eigenvalue weighted by Gasteiger charge is -2.06. The number of benzene rings is 3. The van der Waals surface area contributed by atoms with Crippen molar-refractivity contribution in [3.05, 3.63) is 60.2 Å². The Labute approximate surface area is 118 Å². The molecule has 0 heterocycles. The van der Waals surface area contributed by atoms with E-state index < -0.39 is 0 Å². The van der Waals surface area contributed by atoms with E-state index in [0.29, 0.717) is 0 Å². The first-order chi connectivity index (χ1) is 9.40. The van der Waals surface area contributed by atoms with Crippen molar-refractivity contribution in [2.45, 2.75) is 6.42 Å². The molecule has 3 aromatic rings. The van der Waals surface area contributed by atoms with Crippen molar-refractivity contribution in [1.82, 2.24) is 0 Å². The van der Waals surface area contributed by atoms with Crippen LogP contribution in [0.3, 0.4) is 0 Å². The summed E-state index contributed by atoms with van der Waals surface area (Å²) in [7, 11) is 0. The molecular weight excluding hydrogens is 248 g/mol. The van der Waals surface area contributed by atoms with Crippen LogP contribution in [0.25, 0.3) is 21.5 Å². The Morgan fingerprint density at radius 3 is 2.32 bits per heavy atom. The van der Waals surface area contributed by atoms with Crippen LogP contribution in [0, 0.1) is 11.8 Å². The van der Waals surface area contributed by atoms with Gasteiger partial charge in [0.15, 0.2) is 0 Å². The summed E-state index contributed by atoms with van der Waals surface area (Å²) in [5.41, 5.74) is 1.11. The third-order valence-corrected chi connectivity index (χ3v) is 3.45. The lowest BCUT2D eigenvalue weighted by atomic mass is 9.97. The van der Waals surface area contributed by atoms with Gasteiger partial charge in [-0.15, -0.1) is 0 Å². The molecule has 0 aromatic heterocycles. The van der Waals surface area contributed by atoms with Crippen LogP contribution in [-0.4, -0.2) is 5.75 Å². The number of fused-ring (bicyclic) bond motifs is 3. The Hall–Kier alpha value is -1.91. The maximum Gasteiger partial charge on any atom is 0.0330 e. The molecule has 0 aliphatic rings. The van der Waals surface area contributed by atoms with Gasteiger partial charge < -0.3 is 0 Å². The van der Waals surface area contributed by atoms with Gasteiger partial charge in [0.05, 0.1) is 0 Å². The van der Waals surface area contributed by atoms with Gasteiger partial charge >= 0.3 is 0 Å². The number of rotatable bonds is 1. The standard InChI is InChI=1S/C18H14S/c19-12-6-5-8-15-13-14-7-1-2-9-16(14)18-11-4-3-10-17(15)18/h1-4,7,9-11,13,19H,6,12H2. The topological polar surface area (TPSA) is 0 Å². The third-order valence-electron chi connectivity index (χ3n) is 3.23. The first kappa shape index (κ1) is 12.1. The molecule has 19 heavy (non-hydrogen) atoms. The zero-order valence-corrected chi connectivity index (χ0v) is 11.5. The summed E-state index contributed by atoms with van der Waals surface area (Å²) in [6, 6.07) is 19.1. The van der Waals surface area contributed by atoms with Crippen molar-refractivity contribution in [2.24, 2.45) is 0 Å². The van der Waals surface area contributed by atoms with Gasteiger partial charge in [0, 0.05) is 17.7 Å². The van der Waals surface area contributed by atoms with Crippen LogP contribution >= 0.6 is 12.6 Å². The van der Waals surface area contributed by atoms with E-state index >= 15 is 0 Å². The summed E-state index contributed by atoms with van der Waals surface area (Å²) < 4.78 is 0. The van der Waals surface area contributed by atoms with Gasteiger partial charge in [0.2, 0.25) is 0 Å². The molecule has 0 spiro atoms. The molecule has 1 heteroatoms. The predicted octanol–water partition coefficient (Wildman–Crippen LogP) is 4.66. The van der Waals surface area contributed by atoms with Gasteiger partial charge in [-0.3, -0.25) is 0 Å². The van der Waals surface area contributed by atoms with Gasteiger partial charge in [-0.25, -0.2) is 0 Å². The van der Waals surface area contributed by atoms with Crippen molar-refractivity contribution in [3.8, 4) is 11.8 Å². The average Bonchev–Trinajstić information content (AvgIpc) is 2.47. The molecule has 0 N–H and O–H groups in total. The van der Waals surface area contributed by atoms with Crippen LogP contribution in [0.5, 0.6) is 0 Å². The van der Waals surface area contributed by atoms with Crippen molar-refractivity contribution in [1.29, 1.82) is 0 Å². The number of hydrogen-bond donors (Lipinski definition) is 1. The monoisotopic (exact) mass is 262 g/mol. The molecular formula is C18H14S. The lowest BCUT2D eigenvalue weighted by molar-refractivity contribution is 1.31. The van der Waals surface area contributed by atoms with E-state index in [4.69, 9.17) is 0 Å². The Kier molecular flexibility index (Phi) is 3.44. The van der Waals surface area contributed by atoms with Crippen molar-refractivity contribution >= 4 is 34.2 Å². The fourth-order valence-corrected chi connectivity index (χ4v) is 2.48. The van der Waals surface area contributed by atoms with E-state index in [2.05, 4.69) is 79.1 Å². The Morgan fingerprint density at radius 2 is 1.53 bits per heavy atom. The fourth-order valence-electron chi connectivity index (χ4n) is 2.37. The quantitative estimate of drug-likeness (QED) is 0.368. The molecule has 92 valence electrons. The summed E-state index contributed by atoms with van der Waals surface area (Å²) in [5.74, 6) is 7.27. The molecule has 3 aromatic carbocycles. The lowest BCUT2D eigenvalue weighted by Crippen LogP contribution is -1.83. The summed E-state index contributed by atoms with van der Waals surface area (Å²) in [5, 5.41) is 5.04. The van der Waals surface area contributed by atoms with Crippen LogP contribution < -0.4 is 0 Å².